The molecule has 2 aromatic carbocycles. The average molecular weight is 377 g/mol. The molecule has 3 aromatic rings. The Hall–Kier alpha value is -2.95. The van der Waals surface area contributed by atoms with Gasteiger partial charge in [-0.3, -0.25) is 9.59 Å². The number of amides is 1. The van der Waals surface area contributed by atoms with Gasteiger partial charge in [0.05, 0.1) is 5.39 Å². The predicted octanol–water partition coefficient (Wildman–Crippen LogP) is 4.22. The number of hydrogen-bond acceptors (Lipinski definition) is 3. The lowest BCUT2D eigenvalue weighted by molar-refractivity contribution is 0.0945. The molecule has 28 heavy (non-hydrogen) atoms. The van der Waals surface area contributed by atoms with Crippen LogP contribution >= 0.6 is 0 Å². The number of nitrogens with one attached hydrogen (secondary N) is 1. The summed E-state index contributed by atoms with van der Waals surface area (Å²) in [5, 5.41) is 8.48. The molecule has 146 valence electrons. The van der Waals surface area contributed by atoms with E-state index < -0.39 is 0 Å². The minimum absolute atomic E-state index is 0.137. The average Bonchev–Trinajstić information content (AvgIpc) is 2.72. The third kappa shape index (κ3) is 4.66. The summed E-state index contributed by atoms with van der Waals surface area (Å²) in [6.45, 7) is 5.13. The highest BCUT2D eigenvalue weighted by Crippen LogP contribution is 2.14. The SMILES string of the molecule is CCCCCCn1nc(C(=O)NCc2ccc(C)cc2)c2ccccc2c1=O. The van der Waals surface area contributed by atoms with Crippen molar-refractivity contribution < 1.29 is 4.79 Å². The normalized spacial score (nSPS) is 10.9. The van der Waals surface area contributed by atoms with Crippen LogP contribution in [0.2, 0.25) is 0 Å². The number of carbonyl (C=O) groups excluding carboxylic acids is 1. The summed E-state index contributed by atoms with van der Waals surface area (Å²) in [6.07, 6.45) is 4.19. The molecule has 1 N–H and O–H groups in total. The quantitative estimate of drug-likeness (QED) is 0.598. The number of fused-ring (bicyclic) bond motifs is 1. The molecule has 3 rings (SSSR count). The van der Waals surface area contributed by atoms with Gasteiger partial charge in [-0.1, -0.05) is 74.2 Å². The van der Waals surface area contributed by atoms with Crippen molar-refractivity contribution in [3.63, 3.8) is 0 Å². The van der Waals surface area contributed by atoms with Gasteiger partial charge in [0, 0.05) is 18.5 Å². The zero-order chi connectivity index (χ0) is 19.9. The molecule has 1 amide bonds. The minimum Gasteiger partial charge on any atom is -0.347 e. The first-order chi connectivity index (χ1) is 13.6. The number of carbonyl (C=O) groups is 1. The van der Waals surface area contributed by atoms with Crippen LogP contribution in [0.4, 0.5) is 0 Å². The van der Waals surface area contributed by atoms with Crippen molar-refractivity contribution in [3.05, 3.63) is 75.7 Å². The molecule has 0 atom stereocenters. The Morgan fingerprint density at radius 3 is 2.43 bits per heavy atom. The summed E-state index contributed by atoms with van der Waals surface area (Å²) in [7, 11) is 0. The van der Waals surface area contributed by atoms with Crippen LogP contribution in [0.3, 0.4) is 0 Å². The highest BCUT2D eigenvalue weighted by atomic mass is 16.2. The van der Waals surface area contributed by atoms with E-state index in [9.17, 15) is 9.59 Å². The van der Waals surface area contributed by atoms with Gasteiger partial charge in [0.25, 0.3) is 11.5 Å². The molecule has 0 bridgehead atoms. The molecule has 0 saturated heterocycles. The summed E-state index contributed by atoms with van der Waals surface area (Å²) in [4.78, 5) is 25.6. The second kappa shape index (κ2) is 9.31. The second-order valence-corrected chi connectivity index (χ2v) is 7.15. The van der Waals surface area contributed by atoms with Gasteiger partial charge in [-0.05, 0) is 25.0 Å². The van der Waals surface area contributed by atoms with E-state index in [2.05, 4.69) is 17.3 Å². The van der Waals surface area contributed by atoms with Crippen LogP contribution in [0.5, 0.6) is 0 Å². The predicted molar refractivity (Wildman–Crippen MR) is 112 cm³/mol. The summed E-state index contributed by atoms with van der Waals surface area (Å²) in [6, 6.07) is 15.2. The maximum Gasteiger partial charge on any atom is 0.274 e. The molecule has 1 heterocycles. The van der Waals surface area contributed by atoms with Crippen molar-refractivity contribution in [1.29, 1.82) is 0 Å². The van der Waals surface area contributed by atoms with Gasteiger partial charge >= 0.3 is 0 Å². The molecule has 5 heteroatoms. The number of rotatable bonds is 8. The van der Waals surface area contributed by atoms with Crippen LogP contribution in [0.15, 0.2) is 53.3 Å². The molecule has 0 fully saturated rings. The van der Waals surface area contributed by atoms with Crippen LogP contribution in [0.25, 0.3) is 10.8 Å². The number of unbranched alkanes of at least 4 members (excludes halogenated alkanes) is 3. The first-order valence-electron chi connectivity index (χ1n) is 9.93. The van der Waals surface area contributed by atoms with Gasteiger partial charge in [0.2, 0.25) is 0 Å². The molecule has 0 saturated carbocycles. The van der Waals surface area contributed by atoms with Crippen LogP contribution in [0, 0.1) is 6.92 Å². The van der Waals surface area contributed by atoms with Crippen LogP contribution in [0.1, 0.15) is 54.2 Å². The van der Waals surface area contributed by atoms with E-state index in [1.54, 1.807) is 12.1 Å². The Kier molecular flexibility index (Phi) is 6.58. The maximum absolute atomic E-state index is 12.8. The van der Waals surface area contributed by atoms with E-state index in [-0.39, 0.29) is 11.5 Å². The van der Waals surface area contributed by atoms with E-state index in [1.165, 1.54) is 10.2 Å². The monoisotopic (exact) mass is 377 g/mol. The largest absolute Gasteiger partial charge is 0.347 e. The molecule has 0 aliphatic carbocycles. The van der Waals surface area contributed by atoms with Gasteiger partial charge in [-0.15, -0.1) is 0 Å². The first-order valence-corrected chi connectivity index (χ1v) is 9.93. The van der Waals surface area contributed by atoms with Crippen LogP contribution in [-0.4, -0.2) is 15.7 Å². The second-order valence-electron chi connectivity index (χ2n) is 7.15. The fraction of sp³-hybridized carbons (Fsp3) is 0.348. The number of hydrogen-bond donors (Lipinski definition) is 1. The van der Waals surface area contributed by atoms with Crippen molar-refractivity contribution >= 4 is 16.7 Å². The smallest absolute Gasteiger partial charge is 0.274 e. The highest BCUT2D eigenvalue weighted by Gasteiger charge is 2.16. The summed E-state index contributed by atoms with van der Waals surface area (Å²) in [5.41, 5.74) is 2.37. The van der Waals surface area contributed by atoms with Gasteiger partial charge in [-0.2, -0.15) is 5.10 Å². The van der Waals surface area contributed by atoms with Crippen molar-refractivity contribution in [2.45, 2.75) is 52.6 Å². The van der Waals surface area contributed by atoms with Crippen molar-refractivity contribution in [2.75, 3.05) is 0 Å². The van der Waals surface area contributed by atoms with E-state index in [0.717, 1.165) is 31.2 Å². The summed E-state index contributed by atoms with van der Waals surface area (Å²) >= 11 is 0. The molecule has 0 aliphatic rings. The van der Waals surface area contributed by atoms with Gasteiger partial charge in [0.15, 0.2) is 5.69 Å². The molecule has 0 radical (unpaired) electrons. The fourth-order valence-corrected chi connectivity index (χ4v) is 3.21. The Morgan fingerprint density at radius 2 is 1.71 bits per heavy atom. The third-order valence-corrected chi connectivity index (χ3v) is 4.88. The molecule has 0 spiro atoms. The first kappa shape index (κ1) is 19.8. The Labute approximate surface area is 165 Å². The van der Waals surface area contributed by atoms with Gasteiger partial charge < -0.3 is 5.32 Å². The van der Waals surface area contributed by atoms with Crippen molar-refractivity contribution in [1.82, 2.24) is 15.1 Å². The standard InChI is InChI=1S/C23H27N3O2/c1-3-4-5-8-15-26-23(28)20-10-7-6-9-19(20)21(25-26)22(27)24-16-18-13-11-17(2)12-14-18/h6-7,9-14H,3-5,8,15-16H2,1-2H3,(H,24,27). The number of benzene rings is 2. The fourth-order valence-electron chi connectivity index (χ4n) is 3.21. The van der Waals surface area contributed by atoms with Crippen molar-refractivity contribution in [2.24, 2.45) is 0 Å². The molecule has 5 nitrogen and oxygen atoms in total. The lowest BCUT2D eigenvalue weighted by Crippen LogP contribution is -2.30. The topological polar surface area (TPSA) is 64.0 Å². The molecular formula is C23H27N3O2. The van der Waals surface area contributed by atoms with Crippen LogP contribution in [-0.2, 0) is 13.1 Å². The lowest BCUT2D eigenvalue weighted by Gasteiger charge is -2.11. The number of aryl methyl sites for hydroxylation is 2. The number of nitrogens with zero attached hydrogens (tertiary/aromatic N) is 2. The Morgan fingerprint density at radius 1 is 1.00 bits per heavy atom. The van der Waals surface area contributed by atoms with Crippen molar-refractivity contribution in [3.8, 4) is 0 Å². The molecular weight excluding hydrogens is 350 g/mol. The molecule has 0 aliphatic heterocycles. The molecule has 1 aromatic heterocycles. The Balaban J connectivity index is 1.85. The van der Waals surface area contributed by atoms with E-state index in [0.29, 0.717) is 29.6 Å². The zero-order valence-corrected chi connectivity index (χ0v) is 16.6. The lowest BCUT2D eigenvalue weighted by atomic mass is 10.1. The van der Waals surface area contributed by atoms with Gasteiger partial charge in [0.1, 0.15) is 0 Å². The molecule has 0 unspecified atom stereocenters. The minimum atomic E-state index is -0.265. The highest BCUT2D eigenvalue weighted by molar-refractivity contribution is 6.04. The zero-order valence-electron chi connectivity index (χ0n) is 16.6. The third-order valence-electron chi connectivity index (χ3n) is 4.88. The number of aromatic nitrogens is 2. The Bertz CT molecular complexity index is 1010. The van der Waals surface area contributed by atoms with E-state index in [1.807, 2.05) is 43.3 Å². The summed E-state index contributed by atoms with van der Waals surface area (Å²) < 4.78 is 1.44. The summed E-state index contributed by atoms with van der Waals surface area (Å²) in [5.74, 6) is -0.265. The van der Waals surface area contributed by atoms with Gasteiger partial charge in [-0.25, -0.2) is 4.68 Å². The van der Waals surface area contributed by atoms with E-state index in [4.69, 9.17) is 0 Å². The van der Waals surface area contributed by atoms with E-state index >= 15 is 0 Å². The van der Waals surface area contributed by atoms with Crippen LogP contribution < -0.4 is 10.9 Å². The maximum atomic E-state index is 12.8.